The van der Waals surface area contributed by atoms with Crippen LogP contribution in [0, 0.1) is 5.92 Å². The SMILES string of the molecule is CCCCCCC(C)C(=O)OC(C)C(F)(F)F. The second-order valence-electron chi connectivity index (χ2n) is 4.37. The summed E-state index contributed by atoms with van der Waals surface area (Å²) in [5.41, 5.74) is 0. The quantitative estimate of drug-likeness (QED) is 0.505. The second kappa shape index (κ2) is 7.56. The summed E-state index contributed by atoms with van der Waals surface area (Å²) >= 11 is 0. The highest BCUT2D eigenvalue weighted by Gasteiger charge is 2.39. The van der Waals surface area contributed by atoms with Crippen molar-refractivity contribution in [2.24, 2.45) is 5.92 Å². The minimum absolute atomic E-state index is 0.461. The zero-order valence-corrected chi connectivity index (χ0v) is 10.6. The lowest BCUT2D eigenvalue weighted by Crippen LogP contribution is -2.32. The maximum absolute atomic E-state index is 12.1. The molecule has 0 aromatic rings. The summed E-state index contributed by atoms with van der Waals surface area (Å²) in [5.74, 6) is -1.22. The number of rotatable bonds is 7. The van der Waals surface area contributed by atoms with E-state index in [9.17, 15) is 18.0 Å². The molecule has 0 bridgehead atoms. The zero-order valence-electron chi connectivity index (χ0n) is 10.6. The smallest absolute Gasteiger partial charge is 0.425 e. The van der Waals surface area contributed by atoms with Crippen LogP contribution in [-0.4, -0.2) is 18.2 Å². The highest BCUT2D eigenvalue weighted by atomic mass is 19.4. The summed E-state index contributed by atoms with van der Waals surface area (Å²) in [7, 11) is 0. The topological polar surface area (TPSA) is 26.3 Å². The van der Waals surface area contributed by atoms with Crippen LogP contribution in [0.5, 0.6) is 0 Å². The van der Waals surface area contributed by atoms with E-state index in [1.165, 1.54) is 0 Å². The molecule has 0 aliphatic heterocycles. The lowest BCUT2D eigenvalue weighted by atomic mass is 10.0. The lowest BCUT2D eigenvalue weighted by molar-refractivity contribution is -0.218. The highest BCUT2D eigenvalue weighted by molar-refractivity contribution is 5.72. The van der Waals surface area contributed by atoms with Gasteiger partial charge in [0.05, 0.1) is 5.92 Å². The predicted octanol–water partition coefficient (Wildman–Crippen LogP) is 4.09. The molecule has 0 N–H and O–H groups in total. The molecule has 102 valence electrons. The maximum Gasteiger partial charge on any atom is 0.425 e. The predicted molar refractivity (Wildman–Crippen MR) is 59.5 cm³/mol. The molecular formula is C12H21F3O2. The Bertz CT molecular complexity index is 226. The van der Waals surface area contributed by atoms with Gasteiger partial charge in [0.2, 0.25) is 0 Å². The van der Waals surface area contributed by atoms with Crippen molar-refractivity contribution >= 4 is 5.97 Å². The lowest BCUT2D eigenvalue weighted by Gasteiger charge is -2.18. The fraction of sp³-hybridized carbons (Fsp3) is 0.917. The van der Waals surface area contributed by atoms with Crippen LogP contribution in [0.25, 0.3) is 0 Å². The molecule has 0 spiro atoms. The van der Waals surface area contributed by atoms with Crippen molar-refractivity contribution in [1.82, 2.24) is 0 Å². The molecule has 0 radical (unpaired) electrons. The first-order valence-corrected chi connectivity index (χ1v) is 6.06. The summed E-state index contributed by atoms with van der Waals surface area (Å²) in [5, 5.41) is 0. The van der Waals surface area contributed by atoms with E-state index in [1.807, 2.05) is 0 Å². The van der Waals surface area contributed by atoms with Crippen molar-refractivity contribution < 1.29 is 22.7 Å². The van der Waals surface area contributed by atoms with Gasteiger partial charge in [0.25, 0.3) is 0 Å². The van der Waals surface area contributed by atoms with E-state index >= 15 is 0 Å². The van der Waals surface area contributed by atoms with Crippen LogP contribution < -0.4 is 0 Å². The van der Waals surface area contributed by atoms with Crippen molar-refractivity contribution in [2.45, 2.75) is 65.2 Å². The molecular weight excluding hydrogens is 233 g/mol. The van der Waals surface area contributed by atoms with Crippen LogP contribution in [0.4, 0.5) is 13.2 Å². The van der Waals surface area contributed by atoms with Crippen molar-refractivity contribution in [3.8, 4) is 0 Å². The third-order valence-electron chi connectivity index (χ3n) is 2.65. The molecule has 5 heteroatoms. The van der Waals surface area contributed by atoms with Crippen LogP contribution in [0.2, 0.25) is 0 Å². The van der Waals surface area contributed by atoms with Crippen LogP contribution >= 0.6 is 0 Å². The van der Waals surface area contributed by atoms with Gasteiger partial charge >= 0.3 is 12.1 Å². The summed E-state index contributed by atoms with van der Waals surface area (Å²) in [6.07, 6.45) is -1.88. The van der Waals surface area contributed by atoms with Crippen LogP contribution in [0.3, 0.4) is 0 Å². The van der Waals surface area contributed by atoms with E-state index in [0.29, 0.717) is 6.42 Å². The van der Waals surface area contributed by atoms with Crippen molar-refractivity contribution in [1.29, 1.82) is 0 Å². The Hall–Kier alpha value is -0.740. The largest absolute Gasteiger partial charge is 0.453 e. The number of unbranched alkanes of at least 4 members (excludes halogenated alkanes) is 3. The van der Waals surface area contributed by atoms with Crippen molar-refractivity contribution in [2.75, 3.05) is 0 Å². The number of alkyl halides is 3. The Morgan fingerprint density at radius 2 is 1.76 bits per heavy atom. The first-order valence-electron chi connectivity index (χ1n) is 6.06. The fourth-order valence-corrected chi connectivity index (χ4v) is 1.35. The number of halogens is 3. The third kappa shape index (κ3) is 7.23. The summed E-state index contributed by atoms with van der Waals surface area (Å²) < 4.78 is 40.8. The maximum atomic E-state index is 12.1. The molecule has 0 aromatic carbocycles. The van der Waals surface area contributed by atoms with Gasteiger partial charge in [-0.1, -0.05) is 39.5 Å². The molecule has 0 saturated carbocycles. The molecule has 0 fully saturated rings. The van der Waals surface area contributed by atoms with Gasteiger partial charge in [-0.3, -0.25) is 4.79 Å². The van der Waals surface area contributed by atoms with Gasteiger partial charge in [0, 0.05) is 0 Å². The number of carbonyl (C=O) groups excluding carboxylic acids is 1. The average molecular weight is 254 g/mol. The van der Waals surface area contributed by atoms with Crippen molar-refractivity contribution in [3.63, 3.8) is 0 Å². The molecule has 0 saturated heterocycles. The Morgan fingerprint density at radius 3 is 2.24 bits per heavy atom. The Kier molecular flexibility index (Phi) is 7.23. The molecule has 2 atom stereocenters. The Labute approximate surface area is 101 Å². The van der Waals surface area contributed by atoms with Gasteiger partial charge in [0.15, 0.2) is 6.10 Å². The van der Waals surface area contributed by atoms with Crippen LogP contribution in [0.1, 0.15) is 52.9 Å². The van der Waals surface area contributed by atoms with Crippen molar-refractivity contribution in [3.05, 3.63) is 0 Å². The summed E-state index contributed by atoms with van der Waals surface area (Å²) in [4.78, 5) is 11.3. The summed E-state index contributed by atoms with van der Waals surface area (Å²) in [6, 6.07) is 0. The van der Waals surface area contributed by atoms with E-state index in [-0.39, 0.29) is 0 Å². The number of hydrogen-bond donors (Lipinski definition) is 0. The number of carbonyl (C=O) groups is 1. The van der Waals surface area contributed by atoms with E-state index < -0.39 is 24.2 Å². The van der Waals surface area contributed by atoms with E-state index in [0.717, 1.165) is 32.6 Å². The molecule has 2 unspecified atom stereocenters. The second-order valence-corrected chi connectivity index (χ2v) is 4.37. The molecule has 0 aromatic heterocycles. The molecule has 0 amide bonds. The molecule has 0 aliphatic rings. The third-order valence-corrected chi connectivity index (χ3v) is 2.65. The van der Waals surface area contributed by atoms with E-state index in [1.54, 1.807) is 6.92 Å². The van der Waals surface area contributed by atoms with Gasteiger partial charge in [-0.2, -0.15) is 13.2 Å². The molecule has 0 rings (SSSR count). The monoisotopic (exact) mass is 254 g/mol. The molecule has 17 heavy (non-hydrogen) atoms. The number of hydrogen-bond acceptors (Lipinski definition) is 2. The first kappa shape index (κ1) is 16.3. The van der Waals surface area contributed by atoms with E-state index in [2.05, 4.69) is 11.7 Å². The number of esters is 1. The van der Waals surface area contributed by atoms with Gasteiger partial charge < -0.3 is 4.74 Å². The van der Waals surface area contributed by atoms with Gasteiger partial charge in [-0.05, 0) is 13.3 Å². The summed E-state index contributed by atoms with van der Waals surface area (Å²) in [6.45, 7) is 4.53. The van der Waals surface area contributed by atoms with Crippen LogP contribution in [-0.2, 0) is 9.53 Å². The Balaban J connectivity index is 3.89. The van der Waals surface area contributed by atoms with Gasteiger partial charge in [-0.25, -0.2) is 0 Å². The fourth-order valence-electron chi connectivity index (χ4n) is 1.35. The highest BCUT2D eigenvalue weighted by Crippen LogP contribution is 2.24. The zero-order chi connectivity index (χ0) is 13.5. The standard InChI is InChI=1S/C12H21F3O2/c1-4-5-6-7-8-9(2)11(16)17-10(3)12(13,14)15/h9-10H,4-8H2,1-3H3. The van der Waals surface area contributed by atoms with Gasteiger partial charge in [0.1, 0.15) is 0 Å². The Morgan fingerprint density at radius 1 is 1.18 bits per heavy atom. The van der Waals surface area contributed by atoms with Gasteiger partial charge in [-0.15, -0.1) is 0 Å². The molecule has 0 aliphatic carbocycles. The number of ether oxygens (including phenoxy) is 1. The normalized spacial score (nSPS) is 15.4. The minimum atomic E-state index is -4.47. The first-order chi connectivity index (χ1) is 7.79. The minimum Gasteiger partial charge on any atom is -0.453 e. The average Bonchev–Trinajstić information content (AvgIpc) is 2.22. The van der Waals surface area contributed by atoms with Crippen LogP contribution in [0.15, 0.2) is 0 Å². The molecule has 2 nitrogen and oxygen atoms in total. The van der Waals surface area contributed by atoms with E-state index in [4.69, 9.17) is 0 Å². The molecule has 0 heterocycles.